The van der Waals surface area contributed by atoms with Crippen molar-refractivity contribution < 1.29 is 4.74 Å². The molecule has 0 amide bonds. The van der Waals surface area contributed by atoms with Crippen LogP contribution in [-0.2, 0) is 0 Å². The summed E-state index contributed by atoms with van der Waals surface area (Å²) in [5.41, 5.74) is 0.576. The summed E-state index contributed by atoms with van der Waals surface area (Å²) in [6.45, 7) is 0. The molecule has 1 aromatic carbocycles. The SMILES string of the molecule is COc1cc(Br)cc2sc3c(=O)[nH]cnc3c12. The molecule has 0 aliphatic rings. The van der Waals surface area contributed by atoms with Crippen LogP contribution in [0.5, 0.6) is 5.75 Å². The van der Waals surface area contributed by atoms with E-state index in [1.807, 2.05) is 12.1 Å². The molecular formula is C11H7BrN2O2S. The minimum atomic E-state index is -0.116. The molecule has 6 heteroatoms. The number of fused-ring (bicyclic) bond motifs is 3. The maximum absolute atomic E-state index is 11.7. The average Bonchev–Trinajstić information content (AvgIpc) is 2.68. The first kappa shape index (κ1) is 10.7. The van der Waals surface area contributed by atoms with Crippen molar-refractivity contribution in [1.82, 2.24) is 9.97 Å². The van der Waals surface area contributed by atoms with Gasteiger partial charge in [0.2, 0.25) is 0 Å². The number of H-pyrrole nitrogens is 1. The first-order chi connectivity index (χ1) is 8.20. The van der Waals surface area contributed by atoms with Gasteiger partial charge in [-0.3, -0.25) is 4.79 Å². The minimum Gasteiger partial charge on any atom is -0.496 e. The molecule has 0 atom stereocenters. The number of halogens is 1. The van der Waals surface area contributed by atoms with Crippen LogP contribution in [0, 0.1) is 0 Å². The molecule has 0 saturated heterocycles. The Bertz CT molecular complexity index is 778. The average molecular weight is 311 g/mol. The van der Waals surface area contributed by atoms with E-state index in [2.05, 4.69) is 25.9 Å². The smallest absolute Gasteiger partial charge is 0.268 e. The molecule has 0 bridgehead atoms. The fourth-order valence-electron chi connectivity index (χ4n) is 1.80. The molecule has 86 valence electrons. The van der Waals surface area contributed by atoms with Crippen molar-refractivity contribution >= 4 is 47.6 Å². The molecular weight excluding hydrogens is 304 g/mol. The summed E-state index contributed by atoms with van der Waals surface area (Å²) >= 11 is 4.84. The van der Waals surface area contributed by atoms with Gasteiger partial charge in [-0.15, -0.1) is 11.3 Å². The van der Waals surface area contributed by atoms with Crippen molar-refractivity contribution in [3.05, 3.63) is 33.3 Å². The van der Waals surface area contributed by atoms with Gasteiger partial charge in [-0.05, 0) is 12.1 Å². The minimum absolute atomic E-state index is 0.116. The molecule has 0 aliphatic carbocycles. The first-order valence-electron chi connectivity index (χ1n) is 4.84. The molecule has 0 unspecified atom stereocenters. The highest BCUT2D eigenvalue weighted by Crippen LogP contribution is 2.38. The van der Waals surface area contributed by atoms with Gasteiger partial charge < -0.3 is 9.72 Å². The Morgan fingerprint density at radius 1 is 1.47 bits per heavy atom. The van der Waals surface area contributed by atoms with E-state index >= 15 is 0 Å². The standard InChI is InChI=1S/C11H7BrN2O2S/c1-16-6-2-5(12)3-7-8(6)9-10(17-7)11(15)14-4-13-9/h2-4H,1H3,(H,13,14,15). The molecule has 2 aromatic heterocycles. The highest BCUT2D eigenvalue weighted by atomic mass is 79.9. The molecule has 3 aromatic rings. The number of benzene rings is 1. The van der Waals surface area contributed by atoms with Crippen LogP contribution in [0.15, 0.2) is 27.7 Å². The Morgan fingerprint density at radius 2 is 2.29 bits per heavy atom. The topological polar surface area (TPSA) is 55.0 Å². The second-order valence-electron chi connectivity index (χ2n) is 3.49. The molecule has 17 heavy (non-hydrogen) atoms. The molecule has 4 nitrogen and oxygen atoms in total. The van der Waals surface area contributed by atoms with Gasteiger partial charge in [0.05, 0.1) is 24.3 Å². The molecule has 0 fully saturated rings. The number of hydrogen-bond acceptors (Lipinski definition) is 4. The van der Waals surface area contributed by atoms with E-state index in [9.17, 15) is 4.79 Å². The van der Waals surface area contributed by atoms with Gasteiger partial charge >= 0.3 is 0 Å². The lowest BCUT2D eigenvalue weighted by Gasteiger charge is -2.02. The fraction of sp³-hybridized carbons (Fsp3) is 0.0909. The zero-order valence-electron chi connectivity index (χ0n) is 8.78. The van der Waals surface area contributed by atoms with E-state index in [0.717, 1.165) is 20.3 Å². The third kappa shape index (κ3) is 1.56. The molecule has 0 spiro atoms. The molecule has 0 radical (unpaired) electrons. The van der Waals surface area contributed by atoms with Crippen molar-refractivity contribution in [3.63, 3.8) is 0 Å². The number of ether oxygens (including phenoxy) is 1. The monoisotopic (exact) mass is 310 g/mol. The van der Waals surface area contributed by atoms with Gasteiger partial charge in [-0.1, -0.05) is 15.9 Å². The lowest BCUT2D eigenvalue weighted by Crippen LogP contribution is -2.03. The van der Waals surface area contributed by atoms with Crippen LogP contribution in [-0.4, -0.2) is 17.1 Å². The highest BCUT2D eigenvalue weighted by molar-refractivity contribution is 9.10. The van der Waals surface area contributed by atoms with Crippen LogP contribution in [0.2, 0.25) is 0 Å². The summed E-state index contributed by atoms with van der Waals surface area (Å²) in [5, 5.41) is 0.891. The third-order valence-electron chi connectivity index (χ3n) is 2.51. The molecule has 0 saturated carbocycles. The number of methoxy groups -OCH3 is 1. The van der Waals surface area contributed by atoms with E-state index in [1.54, 1.807) is 7.11 Å². The van der Waals surface area contributed by atoms with Gasteiger partial charge in [0.25, 0.3) is 5.56 Å². The van der Waals surface area contributed by atoms with E-state index in [-0.39, 0.29) is 5.56 Å². The summed E-state index contributed by atoms with van der Waals surface area (Å²) in [5.74, 6) is 0.721. The molecule has 0 aliphatic heterocycles. The highest BCUT2D eigenvalue weighted by Gasteiger charge is 2.14. The zero-order chi connectivity index (χ0) is 12.0. The van der Waals surface area contributed by atoms with Crippen LogP contribution in [0.1, 0.15) is 0 Å². The van der Waals surface area contributed by atoms with Crippen LogP contribution in [0.25, 0.3) is 20.3 Å². The summed E-state index contributed by atoms with van der Waals surface area (Å²) in [6, 6.07) is 3.83. The van der Waals surface area contributed by atoms with Crippen molar-refractivity contribution in [1.29, 1.82) is 0 Å². The van der Waals surface area contributed by atoms with Gasteiger partial charge in [0.1, 0.15) is 10.4 Å². The number of hydrogen-bond donors (Lipinski definition) is 1. The van der Waals surface area contributed by atoms with E-state index in [0.29, 0.717) is 10.2 Å². The Morgan fingerprint density at radius 3 is 3.06 bits per heavy atom. The van der Waals surface area contributed by atoms with Crippen molar-refractivity contribution in [3.8, 4) is 5.75 Å². The van der Waals surface area contributed by atoms with Crippen molar-refractivity contribution in [2.24, 2.45) is 0 Å². The Hall–Kier alpha value is -1.40. The van der Waals surface area contributed by atoms with Crippen LogP contribution >= 0.6 is 27.3 Å². The van der Waals surface area contributed by atoms with Gasteiger partial charge in [-0.2, -0.15) is 0 Å². The predicted octanol–water partition coefficient (Wildman–Crippen LogP) is 2.91. The Labute approximate surface area is 108 Å². The second kappa shape index (κ2) is 3.82. The third-order valence-corrected chi connectivity index (χ3v) is 4.09. The number of aromatic nitrogens is 2. The summed E-state index contributed by atoms with van der Waals surface area (Å²) in [6.07, 6.45) is 1.41. The summed E-state index contributed by atoms with van der Waals surface area (Å²) in [4.78, 5) is 18.5. The van der Waals surface area contributed by atoms with Crippen molar-refractivity contribution in [2.45, 2.75) is 0 Å². The number of rotatable bonds is 1. The van der Waals surface area contributed by atoms with Crippen LogP contribution in [0.3, 0.4) is 0 Å². The van der Waals surface area contributed by atoms with Gasteiger partial charge in [-0.25, -0.2) is 4.98 Å². The lowest BCUT2D eigenvalue weighted by molar-refractivity contribution is 0.420. The first-order valence-corrected chi connectivity index (χ1v) is 6.45. The quantitative estimate of drug-likeness (QED) is 0.752. The lowest BCUT2D eigenvalue weighted by atomic mass is 10.2. The van der Waals surface area contributed by atoms with Gasteiger partial charge in [0, 0.05) is 9.17 Å². The largest absolute Gasteiger partial charge is 0.496 e. The Kier molecular flexibility index (Phi) is 2.41. The van der Waals surface area contributed by atoms with E-state index in [4.69, 9.17) is 4.74 Å². The molecule has 3 rings (SSSR count). The molecule has 1 N–H and O–H groups in total. The number of nitrogens with zero attached hydrogens (tertiary/aromatic N) is 1. The van der Waals surface area contributed by atoms with E-state index < -0.39 is 0 Å². The predicted molar refractivity (Wildman–Crippen MR) is 72.0 cm³/mol. The van der Waals surface area contributed by atoms with Gasteiger partial charge in [0.15, 0.2) is 0 Å². The number of aromatic amines is 1. The fourth-order valence-corrected chi connectivity index (χ4v) is 3.50. The molecule has 2 heterocycles. The van der Waals surface area contributed by atoms with E-state index in [1.165, 1.54) is 17.7 Å². The zero-order valence-corrected chi connectivity index (χ0v) is 11.2. The second-order valence-corrected chi connectivity index (χ2v) is 5.46. The summed E-state index contributed by atoms with van der Waals surface area (Å²) < 4.78 is 7.87. The van der Waals surface area contributed by atoms with Crippen LogP contribution in [0.4, 0.5) is 0 Å². The van der Waals surface area contributed by atoms with Crippen LogP contribution < -0.4 is 10.3 Å². The van der Waals surface area contributed by atoms with Crippen molar-refractivity contribution in [2.75, 3.05) is 7.11 Å². The summed E-state index contributed by atoms with van der Waals surface area (Å²) in [7, 11) is 1.61. The number of nitrogens with one attached hydrogen (secondary N) is 1. The maximum Gasteiger partial charge on any atom is 0.268 e. The maximum atomic E-state index is 11.7. The number of thiophene rings is 1. The normalized spacial score (nSPS) is 11.2. The Balaban J connectivity index is 2.61.